The fraction of sp³-hybridized carbons (Fsp3) is 1.00. The largest absolute Gasteiger partial charge is 0.430 e. The van der Waals surface area contributed by atoms with Crippen LogP contribution in [0.4, 0.5) is 35.1 Å². The van der Waals surface area contributed by atoms with Gasteiger partial charge < -0.3 is 5.73 Å². The predicted octanol–water partition coefficient (Wildman–Crippen LogP) is 4.82. The number of hydrogen-bond acceptors (Lipinski definition) is 2. The minimum atomic E-state index is -6.08. The van der Waals surface area contributed by atoms with Crippen molar-refractivity contribution in [1.29, 1.82) is 0 Å². The molecule has 1 heterocycles. The van der Waals surface area contributed by atoms with E-state index in [1.807, 2.05) is 0 Å². The van der Waals surface area contributed by atoms with Crippen molar-refractivity contribution in [2.45, 2.75) is 95.2 Å². The fourth-order valence-corrected chi connectivity index (χ4v) is 3.45. The van der Waals surface area contributed by atoms with Gasteiger partial charge in [0.25, 0.3) is 11.6 Å². The third-order valence-corrected chi connectivity index (χ3v) is 5.26. The third kappa shape index (κ3) is 2.91. The number of hydrogen-bond donors (Lipinski definition) is 2. The van der Waals surface area contributed by atoms with Crippen LogP contribution < -0.4 is 11.1 Å². The lowest BCUT2D eigenvalue weighted by Gasteiger charge is -2.46. The molecular weight excluding hydrogens is 372 g/mol. The molecule has 0 amide bonds. The van der Waals surface area contributed by atoms with E-state index in [0.717, 1.165) is 0 Å². The van der Waals surface area contributed by atoms with Crippen molar-refractivity contribution in [3.05, 3.63) is 0 Å². The van der Waals surface area contributed by atoms with E-state index < -0.39 is 52.1 Å². The molecule has 0 aromatic rings. The first-order valence-corrected chi connectivity index (χ1v) is 8.01. The lowest BCUT2D eigenvalue weighted by molar-refractivity contribution is -0.330. The van der Waals surface area contributed by atoms with Crippen LogP contribution in [0.25, 0.3) is 0 Å². The molecule has 1 fully saturated rings. The standard InChI is InChI=1S/C16H26F8N2/c1-9(2,3)8-13(17,18)11(6)12(7,26-11)15(20,21)14(19,10(4,5)25)16(22,23)24/h26H,8,25H2,1-7H3. The van der Waals surface area contributed by atoms with Crippen LogP contribution in [-0.4, -0.2) is 40.3 Å². The quantitative estimate of drug-likeness (QED) is 0.515. The van der Waals surface area contributed by atoms with E-state index in [1.54, 1.807) is 5.32 Å². The maximum Gasteiger partial charge on any atom is 0.430 e. The van der Waals surface area contributed by atoms with E-state index >= 15 is 0 Å². The summed E-state index contributed by atoms with van der Waals surface area (Å²) < 4.78 is 114. The second-order valence-electron chi connectivity index (χ2n) is 9.27. The summed E-state index contributed by atoms with van der Waals surface area (Å²) in [6.45, 7) is 6.33. The number of alkyl halides is 8. The summed E-state index contributed by atoms with van der Waals surface area (Å²) in [5.41, 5.74) is -10.1. The Morgan fingerprint density at radius 2 is 1.15 bits per heavy atom. The SMILES string of the molecule is CC(C)(C)CC(F)(F)C1(C)NC1(C)C(F)(F)C(F)(C(C)(C)N)C(F)(F)F. The van der Waals surface area contributed by atoms with Gasteiger partial charge in [-0.25, -0.2) is 22.0 Å². The van der Waals surface area contributed by atoms with E-state index in [1.165, 1.54) is 20.8 Å². The monoisotopic (exact) mass is 398 g/mol. The maximum atomic E-state index is 14.9. The normalized spacial score (nSPS) is 30.9. The van der Waals surface area contributed by atoms with Gasteiger partial charge in [-0.2, -0.15) is 13.2 Å². The minimum Gasteiger partial charge on any atom is -0.322 e. The Bertz CT molecular complexity index is 544. The number of nitrogens with two attached hydrogens (primary N) is 1. The van der Waals surface area contributed by atoms with Crippen LogP contribution in [0.3, 0.4) is 0 Å². The lowest BCUT2D eigenvalue weighted by Crippen LogP contribution is -2.75. The Labute approximate surface area is 147 Å². The zero-order valence-corrected chi connectivity index (χ0v) is 15.8. The third-order valence-electron chi connectivity index (χ3n) is 5.26. The molecule has 1 aliphatic heterocycles. The molecule has 3 N–H and O–H groups in total. The first-order chi connectivity index (χ1) is 10.9. The molecule has 3 unspecified atom stereocenters. The summed E-state index contributed by atoms with van der Waals surface area (Å²) in [4.78, 5) is 0. The molecule has 2 nitrogen and oxygen atoms in total. The molecule has 0 aromatic heterocycles. The topological polar surface area (TPSA) is 48.0 Å². The van der Waals surface area contributed by atoms with Crippen LogP contribution in [0.5, 0.6) is 0 Å². The highest BCUT2D eigenvalue weighted by Gasteiger charge is 2.91. The molecule has 1 rings (SSSR count). The Balaban J connectivity index is 3.50. The summed E-state index contributed by atoms with van der Waals surface area (Å²) in [5, 5.41) is 1.78. The van der Waals surface area contributed by atoms with Gasteiger partial charge in [-0.05, 0) is 33.1 Å². The molecule has 0 aromatic carbocycles. The molecule has 10 heteroatoms. The van der Waals surface area contributed by atoms with E-state index in [4.69, 9.17) is 5.73 Å². The van der Waals surface area contributed by atoms with Crippen molar-refractivity contribution in [2.75, 3.05) is 0 Å². The molecular formula is C16H26F8N2. The van der Waals surface area contributed by atoms with Crippen LogP contribution in [0.15, 0.2) is 0 Å². The first kappa shape index (κ1) is 23.4. The fourth-order valence-electron chi connectivity index (χ4n) is 3.45. The van der Waals surface area contributed by atoms with Gasteiger partial charge in [0.15, 0.2) is 0 Å². The Morgan fingerprint density at radius 3 is 1.42 bits per heavy atom. The molecule has 0 saturated carbocycles. The number of rotatable bonds is 5. The highest BCUT2D eigenvalue weighted by atomic mass is 19.4. The zero-order valence-electron chi connectivity index (χ0n) is 15.8. The van der Waals surface area contributed by atoms with Crippen LogP contribution in [0, 0.1) is 5.41 Å². The summed E-state index contributed by atoms with van der Waals surface area (Å²) in [6, 6.07) is 0. The molecule has 1 saturated heterocycles. The average molecular weight is 398 g/mol. The maximum absolute atomic E-state index is 14.9. The highest BCUT2D eigenvalue weighted by molar-refractivity contribution is 5.37. The summed E-state index contributed by atoms with van der Waals surface area (Å²) >= 11 is 0. The van der Waals surface area contributed by atoms with Gasteiger partial charge in [-0.3, -0.25) is 5.32 Å². The molecule has 0 aliphatic carbocycles. The van der Waals surface area contributed by atoms with Gasteiger partial charge in [0.1, 0.15) is 11.1 Å². The van der Waals surface area contributed by atoms with E-state index in [-0.39, 0.29) is 0 Å². The van der Waals surface area contributed by atoms with Crippen LogP contribution >= 0.6 is 0 Å². The second kappa shape index (κ2) is 5.46. The zero-order chi connectivity index (χ0) is 21.4. The number of halogens is 8. The Hall–Kier alpha value is -0.640. The van der Waals surface area contributed by atoms with Crippen molar-refractivity contribution in [3.8, 4) is 0 Å². The van der Waals surface area contributed by atoms with Crippen molar-refractivity contribution in [1.82, 2.24) is 5.32 Å². The molecule has 0 bridgehead atoms. The van der Waals surface area contributed by atoms with Gasteiger partial charge >= 0.3 is 12.1 Å². The average Bonchev–Trinajstić information content (AvgIpc) is 2.89. The van der Waals surface area contributed by atoms with Gasteiger partial charge in [0.2, 0.25) is 0 Å². The van der Waals surface area contributed by atoms with E-state index in [0.29, 0.717) is 27.7 Å². The van der Waals surface area contributed by atoms with E-state index in [2.05, 4.69) is 0 Å². The molecule has 156 valence electrons. The number of nitrogens with one attached hydrogen (secondary N) is 1. The molecule has 1 aliphatic rings. The van der Waals surface area contributed by atoms with Crippen molar-refractivity contribution in [2.24, 2.45) is 11.1 Å². The van der Waals surface area contributed by atoms with Crippen molar-refractivity contribution in [3.63, 3.8) is 0 Å². The molecule has 26 heavy (non-hydrogen) atoms. The van der Waals surface area contributed by atoms with Crippen molar-refractivity contribution >= 4 is 0 Å². The molecule has 3 atom stereocenters. The smallest absolute Gasteiger partial charge is 0.322 e. The summed E-state index contributed by atoms with van der Waals surface area (Å²) in [5.74, 6) is -9.10. The van der Waals surface area contributed by atoms with Gasteiger partial charge in [0.05, 0.1) is 5.54 Å². The summed E-state index contributed by atoms with van der Waals surface area (Å²) in [7, 11) is 0. The Morgan fingerprint density at radius 1 is 0.769 bits per heavy atom. The van der Waals surface area contributed by atoms with Crippen LogP contribution in [-0.2, 0) is 0 Å². The lowest BCUT2D eigenvalue weighted by atomic mass is 9.69. The van der Waals surface area contributed by atoms with Gasteiger partial charge in [0, 0.05) is 6.42 Å². The Kier molecular flexibility index (Phi) is 4.91. The van der Waals surface area contributed by atoms with Crippen LogP contribution in [0.1, 0.15) is 54.9 Å². The first-order valence-electron chi connectivity index (χ1n) is 8.01. The second-order valence-corrected chi connectivity index (χ2v) is 9.27. The van der Waals surface area contributed by atoms with Crippen LogP contribution in [0.2, 0.25) is 0 Å². The predicted molar refractivity (Wildman–Crippen MR) is 82.1 cm³/mol. The van der Waals surface area contributed by atoms with E-state index in [9.17, 15) is 35.1 Å². The minimum absolute atomic E-state index is 0.449. The van der Waals surface area contributed by atoms with Crippen molar-refractivity contribution < 1.29 is 35.1 Å². The molecule has 0 radical (unpaired) electrons. The van der Waals surface area contributed by atoms with Gasteiger partial charge in [-0.1, -0.05) is 20.8 Å². The molecule has 0 spiro atoms. The summed E-state index contributed by atoms with van der Waals surface area (Å²) in [6.07, 6.45) is -6.96. The highest BCUT2D eigenvalue weighted by Crippen LogP contribution is 2.65. The van der Waals surface area contributed by atoms with Gasteiger partial charge in [-0.15, -0.1) is 0 Å².